The van der Waals surface area contributed by atoms with E-state index in [1.54, 1.807) is 6.20 Å². The molecule has 0 amide bonds. The Morgan fingerprint density at radius 2 is 2.00 bits per heavy atom. The Kier molecular flexibility index (Phi) is 6.61. The van der Waals surface area contributed by atoms with Gasteiger partial charge in [-0.15, -0.1) is 0 Å². The van der Waals surface area contributed by atoms with Crippen molar-refractivity contribution in [3.8, 4) is 11.5 Å². The first-order valence-corrected chi connectivity index (χ1v) is 10.1. The zero-order chi connectivity index (χ0) is 19.9. The molecule has 0 spiro atoms. The standard InChI is InChI=1S/C22H27N5O2/c1-26(17-21-24-22(25-29-21)20-10-5-6-11-23-20)15-19-16-27(12-7-13-28-19)14-18-8-3-2-4-9-18/h2-6,8-11,19H,7,12-17H2,1H3. The molecular weight excluding hydrogens is 366 g/mol. The van der Waals surface area contributed by atoms with Gasteiger partial charge in [-0.25, -0.2) is 0 Å². The molecule has 2 aromatic heterocycles. The molecule has 152 valence electrons. The van der Waals surface area contributed by atoms with Crippen molar-refractivity contribution in [3.63, 3.8) is 0 Å². The van der Waals surface area contributed by atoms with Gasteiger partial charge in [-0.05, 0) is 31.2 Å². The van der Waals surface area contributed by atoms with Gasteiger partial charge in [-0.1, -0.05) is 41.6 Å². The molecule has 4 rings (SSSR count). The fraction of sp³-hybridized carbons (Fsp3) is 0.409. The van der Waals surface area contributed by atoms with Crippen molar-refractivity contribution in [3.05, 3.63) is 66.2 Å². The summed E-state index contributed by atoms with van der Waals surface area (Å²) in [4.78, 5) is 13.4. The normalized spacial score (nSPS) is 18.1. The lowest BCUT2D eigenvalue weighted by molar-refractivity contribution is 0.0280. The molecule has 1 aliphatic heterocycles. The highest BCUT2D eigenvalue weighted by atomic mass is 16.5. The SMILES string of the molecule is CN(Cc1nc(-c2ccccn2)no1)CC1CN(Cc2ccccc2)CCCO1. The molecule has 1 unspecified atom stereocenters. The Morgan fingerprint density at radius 3 is 2.83 bits per heavy atom. The molecule has 29 heavy (non-hydrogen) atoms. The molecule has 3 aromatic rings. The van der Waals surface area contributed by atoms with Crippen LogP contribution in [-0.2, 0) is 17.8 Å². The fourth-order valence-corrected chi connectivity index (χ4v) is 3.63. The van der Waals surface area contributed by atoms with Crippen LogP contribution in [0.5, 0.6) is 0 Å². The van der Waals surface area contributed by atoms with Gasteiger partial charge in [0.25, 0.3) is 0 Å². The number of pyridine rings is 1. The van der Waals surface area contributed by atoms with E-state index < -0.39 is 0 Å². The summed E-state index contributed by atoms with van der Waals surface area (Å²) in [5.74, 6) is 1.11. The quantitative estimate of drug-likeness (QED) is 0.611. The highest BCUT2D eigenvalue weighted by molar-refractivity contribution is 5.46. The molecule has 7 nitrogen and oxygen atoms in total. The van der Waals surface area contributed by atoms with Crippen LogP contribution in [-0.4, -0.2) is 64.3 Å². The van der Waals surface area contributed by atoms with E-state index in [9.17, 15) is 0 Å². The van der Waals surface area contributed by atoms with Crippen LogP contribution in [0.4, 0.5) is 0 Å². The maximum atomic E-state index is 6.09. The minimum atomic E-state index is 0.157. The van der Waals surface area contributed by atoms with Crippen LogP contribution >= 0.6 is 0 Å². The highest BCUT2D eigenvalue weighted by Crippen LogP contribution is 2.15. The van der Waals surface area contributed by atoms with Crippen molar-refractivity contribution in [1.29, 1.82) is 0 Å². The van der Waals surface area contributed by atoms with E-state index in [-0.39, 0.29) is 6.10 Å². The molecule has 0 aliphatic carbocycles. The molecule has 1 fully saturated rings. The summed E-state index contributed by atoms with van der Waals surface area (Å²) in [5, 5.41) is 4.05. The van der Waals surface area contributed by atoms with Gasteiger partial charge in [0.1, 0.15) is 5.69 Å². The maximum absolute atomic E-state index is 6.09. The largest absolute Gasteiger partial charge is 0.376 e. The van der Waals surface area contributed by atoms with Crippen molar-refractivity contribution >= 4 is 0 Å². The number of benzene rings is 1. The zero-order valence-corrected chi connectivity index (χ0v) is 16.8. The number of aromatic nitrogens is 3. The Balaban J connectivity index is 1.31. The minimum absolute atomic E-state index is 0.157. The molecule has 1 saturated heterocycles. The molecule has 1 atom stereocenters. The van der Waals surface area contributed by atoms with Crippen LogP contribution in [0.3, 0.4) is 0 Å². The van der Waals surface area contributed by atoms with Gasteiger partial charge in [0.05, 0.1) is 12.6 Å². The molecule has 1 aromatic carbocycles. The van der Waals surface area contributed by atoms with E-state index in [0.717, 1.165) is 39.2 Å². The number of ether oxygens (including phenoxy) is 1. The predicted octanol–water partition coefficient (Wildman–Crippen LogP) is 2.85. The average molecular weight is 393 g/mol. The molecule has 7 heteroatoms. The third-order valence-electron chi connectivity index (χ3n) is 4.97. The van der Waals surface area contributed by atoms with Crippen molar-refractivity contribution in [2.75, 3.05) is 33.3 Å². The monoisotopic (exact) mass is 393 g/mol. The van der Waals surface area contributed by atoms with E-state index in [4.69, 9.17) is 9.26 Å². The van der Waals surface area contributed by atoms with Crippen LogP contribution < -0.4 is 0 Å². The van der Waals surface area contributed by atoms with Crippen LogP contribution in [0.25, 0.3) is 11.5 Å². The predicted molar refractivity (Wildman–Crippen MR) is 110 cm³/mol. The Hall–Kier alpha value is -2.61. The van der Waals surface area contributed by atoms with Crippen LogP contribution in [0.2, 0.25) is 0 Å². The molecular formula is C22H27N5O2. The smallest absolute Gasteiger partial charge is 0.241 e. The van der Waals surface area contributed by atoms with Gasteiger partial charge >= 0.3 is 0 Å². The number of hydrogen-bond donors (Lipinski definition) is 0. The van der Waals surface area contributed by atoms with Gasteiger partial charge in [-0.3, -0.25) is 14.8 Å². The van der Waals surface area contributed by atoms with E-state index in [1.807, 2.05) is 18.2 Å². The lowest BCUT2D eigenvalue weighted by atomic mass is 10.2. The first kappa shape index (κ1) is 19.7. The number of nitrogens with zero attached hydrogens (tertiary/aromatic N) is 5. The summed E-state index contributed by atoms with van der Waals surface area (Å²) in [6, 6.07) is 16.3. The van der Waals surface area contributed by atoms with Crippen LogP contribution in [0.15, 0.2) is 59.3 Å². The lowest BCUT2D eigenvalue weighted by Gasteiger charge is -2.26. The first-order chi connectivity index (χ1) is 14.3. The topological polar surface area (TPSA) is 67.5 Å². The summed E-state index contributed by atoms with van der Waals surface area (Å²) in [5.41, 5.74) is 2.06. The average Bonchev–Trinajstić information content (AvgIpc) is 3.09. The van der Waals surface area contributed by atoms with Gasteiger partial charge < -0.3 is 9.26 Å². The van der Waals surface area contributed by atoms with E-state index in [1.165, 1.54) is 5.56 Å². The lowest BCUT2D eigenvalue weighted by Crippen LogP contribution is -2.38. The van der Waals surface area contributed by atoms with Gasteiger partial charge in [-0.2, -0.15) is 4.98 Å². The molecule has 0 saturated carbocycles. The maximum Gasteiger partial charge on any atom is 0.241 e. The molecule has 0 bridgehead atoms. The second-order valence-corrected chi connectivity index (χ2v) is 7.49. The molecule has 0 N–H and O–H groups in total. The summed E-state index contributed by atoms with van der Waals surface area (Å²) in [7, 11) is 2.06. The van der Waals surface area contributed by atoms with Gasteiger partial charge in [0, 0.05) is 39.0 Å². The summed E-state index contributed by atoms with van der Waals surface area (Å²) in [6.45, 7) is 5.13. The van der Waals surface area contributed by atoms with E-state index >= 15 is 0 Å². The van der Waals surface area contributed by atoms with E-state index in [0.29, 0.717) is 24.0 Å². The minimum Gasteiger partial charge on any atom is -0.376 e. The second kappa shape index (κ2) is 9.73. The number of likely N-dealkylation sites (N-methyl/N-ethyl adjacent to an activating group) is 1. The third-order valence-corrected chi connectivity index (χ3v) is 4.97. The Morgan fingerprint density at radius 1 is 1.14 bits per heavy atom. The summed E-state index contributed by atoms with van der Waals surface area (Å²) < 4.78 is 11.5. The van der Waals surface area contributed by atoms with Crippen molar-refractivity contribution < 1.29 is 9.26 Å². The fourth-order valence-electron chi connectivity index (χ4n) is 3.63. The van der Waals surface area contributed by atoms with Gasteiger partial charge in [0.15, 0.2) is 0 Å². The Bertz CT molecular complexity index is 871. The van der Waals surface area contributed by atoms with Crippen molar-refractivity contribution in [2.45, 2.75) is 25.6 Å². The highest BCUT2D eigenvalue weighted by Gasteiger charge is 2.21. The molecule has 0 radical (unpaired) electrons. The zero-order valence-electron chi connectivity index (χ0n) is 16.8. The second-order valence-electron chi connectivity index (χ2n) is 7.49. The third kappa shape index (κ3) is 5.69. The van der Waals surface area contributed by atoms with Crippen LogP contribution in [0, 0.1) is 0 Å². The first-order valence-electron chi connectivity index (χ1n) is 10.1. The molecule has 1 aliphatic rings. The number of rotatable bonds is 7. The van der Waals surface area contributed by atoms with E-state index in [2.05, 4.69) is 62.3 Å². The summed E-state index contributed by atoms with van der Waals surface area (Å²) in [6.07, 6.45) is 2.94. The Labute approximate surface area is 171 Å². The summed E-state index contributed by atoms with van der Waals surface area (Å²) >= 11 is 0. The van der Waals surface area contributed by atoms with Gasteiger partial charge in [0.2, 0.25) is 11.7 Å². The molecule has 3 heterocycles. The van der Waals surface area contributed by atoms with Crippen LogP contribution in [0.1, 0.15) is 17.9 Å². The number of hydrogen-bond acceptors (Lipinski definition) is 7. The van der Waals surface area contributed by atoms with Crippen molar-refractivity contribution in [1.82, 2.24) is 24.9 Å². The van der Waals surface area contributed by atoms with Crippen molar-refractivity contribution in [2.24, 2.45) is 0 Å².